The molecule has 1 aromatic carbocycles. The first-order valence-corrected chi connectivity index (χ1v) is 7.65. The molecule has 1 amide bonds. The van der Waals surface area contributed by atoms with Crippen LogP contribution in [0.5, 0.6) is 5.75 Å². The molecule has 1 N–H and O–H groups in total. The number of nitrogens with one attached hydrogen (secondary N) is 1. The third kappa shape index (κ3) is 4.25. The van der Waals surface area contributed by atoms with E-state index in [1.165, 1.54) is 11.8 Å². The third-order valence-corrected chi connectivity index (χ3v) is 3.92. The molecule has 1 fully saturated rings. The average Bonchev–Trinajstić information content (AvgIpc) is 2.84. The number of thioether (sulfide) groups is 1. The quantitative estimate of drug-likeness (QED) is 0.364. The van der Waals surface area contributed by atoms with Crippen molar-refractivity contribution < 1.29 is 9.53 Å². The Labute approximate surface area is 134 Å². The molecule has 0 aliphatic carbocycles. The van der Waals surface area contributed by atoms with Crippen LogP contribution in [0.4, 0.5) is 0 Å². The minimum Gasteiger partial charge on any atom is -0.480 e. The Morgan fingerprint density at radius 2 is 2.45 bits per heavy atom. The maximum atomic E-state index is 11.0. The Morgan fingerprint density at radius 1 is 1.60 bits per heavy atom. The number of terminal acetylenes is 1. The van der Waals surface area contributed by atoms with Crippen molar-refractivity contribution in [3.05, 3.63) is 27.3 Å². The fourth-order valence-corrected chi connectivity index (χ4v) is 2.69. The number of nitrogens with zero attached hydrogens (tertiary/aromatic N) is 2. The van der Waals surface area contributed by atoms with Crippen LogP contribution in [0.3, 0.4) is 0 Å². The van der Waals surface area contributed by atoms with Gasteiger partial charge in [-0.1, -0.05) is 17.7 Å². The van der Waals surface area contributed by atoms with Crippen LogP contribution in [0, 0.1) is 15.9 Å². The van der Waals surface area contributed by atoms with Crippen molar-refractivity contribution in [3.63, 3.8) is 0 Å². The molecule has 0 bridgehead atoms. The molecule has 1 aliphatic heterocycles. The summed E-state index contributed by atoms with van der Waals surface area (Å²) in [6.45, 7) is 0.244. The summed E-state index contributed by atoms with van der Waals surface area (Å²) in [5.74, 6) is 3.51. The molecule has 1 heterocycles. The zero-order valence-electron chi connectivity index (χ0n) is 10.3. The van der Waals surface area contributed by atoms with Crippen LogP contribution in [-0.2, 0) is 4.79 Å². The van der Waals surface area contributed by atoms with Crippen LogP contribution in [0.2, 0.25) is 0 Å². The van der Waals surface area contributed by atoms with E-state index in [0.29, 0.717) is 10.9 Å². The molecule has 20 heavy (non-hydrogen) atoms. The molecule has 1 aromatic rings. The molecule has 1 aliphatic rings. The monoisotopic (exact) mass is 399 g/mol. The first-order valence-electron chi connectivity index (χ1n) is 5.58. The van der Waals surface area contributed by atoms with E-state index in [2.05, 4.69) is 44.0 Å². The van der Waals surface area contributed by atoms with E-state index in [4.69, 9.17) is 11.2 Å². The highest BCUT2D eigenvalue weighted by molar-refractivity contribution is 14.1. The van der Waals surface area contributed by atoms with Crippen molar-refractivity contribution >= 4 is 51.6 Å². The van der Waals surface area contributed by atoms with Gasteiger partial charge in [-0.3, -0.25) is 4.79 Å². The topological polar surface area (TPSA) is 63.1 Å². The summed E-state index contributed by atoms with van der Waals surface area (Å²) in [6.07, 6.45) is 6.76. The molecule has 5 nitrogen and oxygen atoms in total. The van der Waals surface area contributed by atoms with E-state index in [-0.39, 0.29) is 12.5 Å². The van der Waals surface area contributed by atoms with E-state index in [1.807, 2.05) is 18.2 Å². The second-order valence-corrected chi connectivity index (χ2v) is 5.80. The fraction of sp³-hybridized carbons (Fsp3) is 0.154. The lowest BCUT2D eigenvalue weighted by Crippen LogP contribution is -2.19. The van der Waals surface area contributed by atoms with Gasteiger partial charge in [0, 0.05) is 0 Å². The number of hydrogen-bond acceptors (Lipinski definition) is 5. The van der Waals surface area contributed by atoms with Crippen molar-refractivity contribution in [2.75, 3.05) is 12.4 Å². The van der Waals surface area contributed by atoms with Crippen molar-refractivity contribution in [2.45, 2.75) is 0 Å². The Morgan fingerprint density at radius 3 is 3.10 bits per heavy atom. The highest BCUT2D eigenvalue weighted by atomic mass is 127. The summed E-state index contributed by atoms with van der Waals surface area (Å²) in [5, 5.41) is 11.0. The molecule has 0 atom stereocenters. The predicted molar refractivity (Wildman–Crippen MR) is 89.1 cm³/mol. The van der Waals surface area contributed by atoms with E-state index < -0.39 is 0 Å². The second-order valence-electron chi connectivity index (χ2n) is 3.67. The molecule has 0 radical (unpaired) electrons. The van der Waals surface area contributed by atoms with Crippen molar-refractivity contribution in [2.24, 2.45) is 10.2 Å². The van der Waals surface area contributed by atoms with Crippen LogP contribution in [0.15, 0.2) is 28.4 Å². The smallest absolute Gasteiger partial charge is 0.236 e. The van der Waals surface area contributed by atoms with E-state index in [0.717, 1.165) is 14.9 Å². The number of hydrogen-bond donors (Lipinski definition) is 1. The Hall–Kier alpha value is -1.53. The number of benzene rings is 1. The van der Waals surface area contributed by atoms with Crippen LogP contribution < -0.4 is 10.1 Å². The molecule has 7 heteroatoms. The highest BCUT2D eigenvalue weighted by Gasteiger charge is 2.15. The third-order valence-electron chi connectivity index (χ3n) is 2.21. The molecule has 0 spiro atoms. The van der Waals surface area contributed by atoms with Crippen molar-refractivity contribution in [1.29, 1.82) is 0 Å². The lowest BCUT2D eigenvalue weighted by molar-refractivity contribution is -0.116. The molecular weight excluding hydrogens is 389 g/mol. The van der Waals surface area contributed by atoms with Crippen LogP contribution in [0.1, 0.15) is 5.56 Å². The maximum absolute atomic E-state index is 11.0. The van der Waals surface area contributed by atoms with Gasteiger partial charge in [0.2, 0.25) is 5.91 Å². The summed E-state index contributed by atoms with van der Waals surface area (Å²) in [4.78, 5) is 11.0. The van der Waals surface area contributed by atoms with Gasteiger partial charge in [0.15, 0.2) is 5.17 Å². The standard InChI is InChI=1S/C13H10IN3O2S/c1-2-5-19-11-4-3-9(6-10(11)14)7-15-17-13-16-12(18)8-20-13/h1,3-4,6-7H,5,8H2,(H,16,17,18). The summed E-state index contributed by atoms with van der Waals surface area (Å²) in [7, 11) is 0. The summed E-state index contributed by atoms with van der Waals surface area (Å²) in [6, 6.07) is 5.61. The molecule has 1 saturated heterocycles. The lowest BCUT2D eigenvalue weighted by atomic mass is 10.2. The van der Waals surface area contributed by atoms with Crippen LogP contribution in [-0.4, -0.2) is 29.6 Å². The first kappa shape index (κ1) is 14.9. The van der Waals surface area contributed by atoms with E-state index >= 15 is 0 Å². The Bertz CT molecular complexity index is 623. The number of rotatable bonds is 4. The van der Waals surface area contributed by atoms with Gasteiger partial charge in [0.05, 0.1) is 15.5 Å². The molecule has 102 valence electrons. The number of carbonyl (C=O) groups excluding carboxylic acids is 1. The number of halogens is 1. The fourth-order valence-electron chi connectivity index (χ4n) is 1.36. The van der Waals surface area contributed by atoms with Gasteiger partial charge in [0.25, 0.3) is 0 Å². The van der Waals surface area contributed by atoms with Gasteiger partial charge in [-0.25, -0.2) is 0 Å². The first-order chi connectivity index (χ1) is 9.69. The van der Waals surface area contributed by atoms with Crippen LogP contribution in [0.25, 0.3) is 0 Å². The molecule has 0 aromatic heterocycles. The zero-order valence-corrected chi connectivity index (χ0v) is 13.3. The van der Waals surface area contributed by atoms with Gasteiger partial charge in [-0.05, 0) is 46.4 Å². The highest BCUT2D eigenvalue weighted by Crippen LogP contribution is 2.21. The second kappa shape index (κ2) is 7.31. The van der Waals surface area contributed by atoms with Gasteiger partial charge < -0.3 is 10.1 Å². The summed E-state index contributed by atoms with van der Waals surface area (Å²) >= 11 is 3.50. The van der Waals surface area contributed by atoms with Crippen LogP contribution >= 0.6 is 34.4 Å². The number of amidine groups is 1. The summed E-state index contributed by atoms with van der Waals surface area (Å²) in [5.41, 5.74) is 0.890. The van der Waals surface area contributed by atoms with Crippen molar-refractivity contribution in [1.82, 2.24) is 5.32 Å². The number of ether oxygens (including phenoxy) is 1. The lowest BCUT2D eigenvalue weighted by Gasteiger charge is -2.05. The normalized spacial score (nSPS) is 16.4. The van der Waals surface area contributed by atoms with Crippen molar-refractivity contribution in [3.8, 4) is 18.1 Å². The molecule has 2 rings (SSSR count). The Balaban J connectivity index is 2.01. The van der Waals surface area contributed by atoms with Gasteiger partial charge in [0.1, 0.15) is 12.4 Å². The minimum atomic E-state index is -0.0477. The molecular formula is C13H10IN3O2S. The van der Waals surface area contributed by atoms with Gasteiger partial charge in [-0.15, -0.1) is 11.5 Å². The average molecular weight is 399 g/mol. The molecule has 0 saturated carbocycles. The minimum absolute atomic E-state index is 0.0477. The number of carbonyl (C=O) groups is 1. The summed E-state index contributed by atoms with van der Waals surface area (Å²) < 4.78 is 6.31. The van der Waals surface area contributed by atoms with Gasteiger partial charge in [-0.2, -0.15) is 5.10 Å². The SMILES string of the molecule is C#CCOc1ccc(C=NN=C2NC(=O)CS2)cc1I. The number of amides is 1. The van der Waals surface area contributed by atoms with E-state index in [9.17, 15) is 4.79 Å². The zero-order chi connectivity index (χ0) is 14.4. The van der Waals surface area contributed by atoms with Gasteiger partial charge >= 0.3 is 0 Å². The van der Waals surface area contributed by atoms with E-state index in [1.54, 1.807) is 6.21 Å². The molecule has 0 unspecified atom stereocenters. The largest absolute Gasteiger partial charge is 0.480 e. The Kier molecular flexibility index (Phi) is 5.43. The predicted octanol–water partition coefficient (Wildman–Crippen LogP) is 1.86. The maximum Gasteiger partial charge on any atom is 0.236 e.